The van der Waals surface area contributed by atoms with Gasteiger partial charge in [0.15, 0.2) is 11.6 Å². The van der Waals surface area contributed by atoms with Crippen molar-refractivity contribution < 1.29 is 24.2 Å². The Hall–Kier alpha value is -3.57. The molecule has 2 aliphatic heterocycles. The molecule has 11 heteroatoms. The monoisotopic (exact) mass is 454 g/mol. The van der Waals surface area contributed by atoms with Gasteiger partial charge in [-0.2, -0.15) is 10.2 Å². The Labute approximate surface area is 190 Å². The topological polar surface area (TPSA) is 133 Å². The fourth-order valence-electron chi connectivity index (χ4n) is 4.06. The number of carboxylic acid groups (broad SMARTS) is 1. The number of amides is 1. The van der Waals surface area contributed by atoms with Crippen LogP contribution in [0.5, 0.6) is 0 Å². The minimum atomic E-state index is -0.466. The molecule has 1 amide bonds. The molecule has 4 heterocycles. The highest BCUT2D eigenvalue weighted by atomic mass is 16.5. The van der Waals surface area contributed by atoms with E-state index in [1.807, 2.05) is 43.6 Å². The van der Waals surface area contributed by atoms with Gasteiger partial charge in [0.1, 0.15) is 18.4 Å². The van der Waals surface area contributed by atoms with Gasteiger partial charge in [-0.15, -0.1) is 0 Å². The molecule has 0 aliphatic carbocycles. The number of benzene rings is 1. The quantitative estimate of drug-likeness (QED) is 0.567. The predicted molar refractivity (Wildman–Crippen MR) is 116 cm³/mol. The van der Waals surface area contributed by atoms with Crippen LogP contribution in [0, 0.1) is 0 Å². The smallest absolute Gasteiger partial charge is 0.290 e. The van der Waals surface area contributed by atoms with Gasteiger partial charge in [-0.3, -0.25) is 14.3 Å². The summed E-state index contributed by atoms with van der Waals surface area (Å²) in [6, 6.07) is 9.47. The number of hydrogen-bond donors (Lipinski definition) is 2. The van der Waals surface area contributed by atoms with Gasteiger partial charge in [0.2, 0.25) is 5.91 Å². The van der Waals surface area contributed by atoms with Crippen LogP contribution in [-0.2, 0) is 26.1 Å². The van der Waals surface area contributed by atoms with Crippen LogP contribution in [0.25, 0.3) is 5.69 Å². The van der Waals surface area contributed by atoms with Crippen molar-refractivity contribution >= 4 is 12.4 Å². The minimum Gasteiger partial charge on any atom is -0.483 e. The lowest BCUT2D eigenvalue weighted by molar-refractivity contribution is -0.138. The van der Waals surface area contributed by atoms with E-state index in [0.717, 1.165) is 29.9 Å². The van der Waals surface area contributed by atoms with Gasteiger partial charge in [-0.25, -0.2) is 9.67 Å². The summed E-state index contributed by atoms with van der Waals surface area (Å²) >= 11 is 0. The number of aromatic nitrogens is 5. The van der Waals surface area contributed by atoms with Crippen molar-refractivity contribution in [2.45, 2.75) is 30.9 Å². The second-order valence-corrected chi connectivity index (χ2v) is 7.79. The van der Waals surface area contributed by atoms with Crippen LogP contribution in [0.1, 0.15) is 48.1 Å². The first-order valence-electron chi connectivity index (χ1n) is 10.7. The molecular weight excluding hydrogens is 428 g/mol. The largest absolute Gasteiger partial charge is 0.483 e. The maximum atomic E-state index is 12.1. The SMILES string of the molecule is Cn1cc(-n2nc(C3CCOCC3)nc2[C@H]2OCC(=O)N[C@@H]2c2ccccc2)cn1.O=CO. The average molecular weight is 454 g/mol. The van der Waals surface area contributed by atoms with Crippen LogP contribution in [-0.4, -0.2) is 61.9 Å². The molecular formula is C22H26N6O5. The number of carbonyl (C=O) groups excluding carboxylic acids is 1. The summed E-state index contributed by atoms with van der Waals surface area (Å²) in [7, 11) is 1.86. The van der Waals surface area contributed by atoms with Gasteiger partial charge in [0.05, 0.1) is 18.4 Å². The number of nitrogens with one attached hydrogen (secondary N) is 1. The normalized spacial score (nSPS) is 21.1. The van der Waals surface area contributed by atoms with E-state index in [-0.39, 0.29) is 30.9 Å². The molecule has 2 aliphatic rings. The molecule has 2 atom stereocenters. The Kier molecular flexibility index (Phi) is 7.10. The first kappa shape index (κ1) is 22.6. The number of rotatable bonds is 4. The fraction of sp³-hybridized carbons (Fsp3) is 0.409. The first-order chi connectivity index (χ1) is 16.1. The van der Waals surface area contributed by atoms with E-state index in [1.165, 1.54) is 0 Å². The number of ether oxygens (including phenoxy) is 2. The van der Waals surface area contributed by atoms with Gasteiger partial charge in [-0.05, 0) is 18.4 Å². The fourth-order valence-corrected chi connectivity index (χ4v) is 4.06. The average Bonchev–Trinajstić information content (AvgIpc) is 3.47. The number of morpholine rings is 1. The van der Waals surface area contributed by atoms with E-state index in [2.05, 4.69) is 10.4 Å². The third-order valence-electron chi connectivity index (χ3n) is 5.60. The van der Waals surface area contributed by atoms with E-state index < -0.39 is 6.10 Å². The maximum Gasteiger partial charge on any atom is 0.290 e. The zero-order valence-corrected chi connectivity index (χ0v) is 18.2. The molecule has 0 radical (unpaired) electrons. The lowest BCUT2D eigenvalue weighted by Crippen LogP contribution is -2.42. The standard InChI is InChI=1S/C21H24N6O3.CH2O2/c1-26-12-16(11-22-26)27-21(24-20(25-27)15-7-9-29-10-8-15)19-18(23-17(28)13-30-19)14-5-3-2-4-6-14;2-1-3/h2-6,11-12,15,18-19H,7-10,13H2,1H3,(H,23,28);1H,(H,2,3)/t18-,19+;/m1./s1. The molecule has 1 aromatic carbocycles. The van der Waals surface area contributed by atoms with Gasteiger partial charge >= 0.3 is 0 Å². The van der Waals surface area contributed by atoms with E-state index in [4.69, 9.17) is 29.5 Å². The molecule has 2 fully saturated rings. The highest BCUT2D eigenvalue weighted by Crippen LogP contribution is 2.36. The molecule has 2 N–H and O–H groups in total. The van der Waals surface area contributed by atoms with Crippen LogP contribution in [0.15, 0.2) is 42.7 Å². The Balaban J connectivity index is 0.000000821. The third kappa shape index (κ3) is 5.10. The Morgan fingerprint density at radius 3 is 2.61 bits per heavy atom. The van der Waals surface area contributed by atoms with Crippen LogP contribution < -0.4 is 5.32 Å². The van der Waals surface area contributed by atoms with Crippen LogP contribution in [0.4, 0.5) is 0 Å². The molecule has 174 valence electrons. The zero-order valence-electron chi connectivity index (χ0n) is 18.2. The molecule has 0 saturated carbocycles. The van der Waals surface area contributed by atoms with Crippen LogP contribution >= 0.6 is 0 Å². The zero-order chi connectivity index (χ0) is 23.2. The number of carbonyl (C=O) groups is 2. The van der Waals surface area contributed by atoms with Crippen molar-refractivity contribution in [1.82, 2.24) is 29.9 Å². The molecule has 33 heavy (non-hydrogen) atoms. The highest BCUT2D eigenvalue weighted by Gasteiger charge is 2.37. The summed E-state index contributed by atoms with van der Waals surface area (Å²) in [4.78, 5) is 25.4. The minimum absolute atomic E-state index is 0.0134. The van der Waals surface area contributed by atoms with Crippen molar-refractivity contribution in [3.63, 3.8) is 0 Å². The predicted octanol–water partition coefficient (Wildman–Crippen LogP) is 1.52. The summed E-state index contributed by atoms with van der Waals surface area (Å²) in [6.45, 7) is 1.16. The third-order valence-corrected chi connectivity index (χ3v) is 5.60. The Morgan fingerprint density at radius 1 is 1.21 bits per heavy atom. The first-order valence-corrected chi connectivity index (χ1v) is 10.7. The molecule has 0 bridgehead atoms. The second kappa shape index (κ2) is 10.4. The van der Waals surface area contributed by atoms with Gasteiger partial charge in [0, 0.05) is 26.2 Å². The van der Waals surface area contributed by atoms with Crippen molar-refractivity contribution in [3.8, 4) is 5.69 Å². The summed E-state index contributed by atoms with van der Waals surface area (Å²) in [5.74, 6) is 1.55. The van der Waals surface area contributed by atoms with Crippen LogP contribution in [0.3, 0.4) is 0 Å². The van der Waals surface area contributed by atoms with Crippen molar-refractivity contribution in [1.29, 1.82) is 0 Å². The molecule has 2 saturated heterocycles. The van der Waals surface area contributed by atoms with Gasteiger partial charge in [0.25, 0.3) is 6.47 Å². The lowest BCUT2D eigenvalue weighted by Gasteiger charge is -2.32. The Bertz CT molecular complexity index is 1080. The molecule has 11 nitrogen and oxygen atoms in total. The number of hydrogen-bond acceptors (Lipinski definition) is 7. The number of aryl methyl sites for hydroxylation is 1. The summed E-state index contributed by atoms with van der Waals surface area (Å²) < 4.78 is 15.1. The van der Waals surface area contributed by atoms with E-state index in [0.29, 0.717) is 19.0 Å². The van der Waals surface area contributed by atoms with E-state index in [1.54, 1.807) is 15.6 Å². The number of nitrogens with zero attached hydrogens (tertiary/aromatic N) is 5. The summed E-state index contributed by atoms with van der Waals surface area (Å²) in [6.07, 6.45) is 4.96. The molecule has 5 rings (SSSR count). The van der Waals surface area contributed by atoms with Crippen molar-refractivity contribution in [2.75, 3.05) is 19.8 Å². The Morgan fingerprint density at radius 2 is 1.94 bits per heavy atom. The molecule has 3 aromatic rings. The second-order valence-electron chi connectivity index (χ2n) is 7.79. The molecule has 0 spiro atoms. The van der Waals surface area contributed by atoms with E-state index in [9.17, 15) is 4.79 Å². The summed E-state index contributed by atoms with van der Waals surface area (Å²) in [5, 5.41) is 19.1. The lowest BCUT2D eigenvalue weighted by atomic mass is 9.98. The highest BCUT2D eigenvalue weighted by molar-refractivity contribution is 5.78. The molecule has 0 unspecified atom stereocenters. The van der Waals surface area contributed by atoms with Crippen molar-refractivity contribution in [3.05, 3.63) is 59.9 Å². The summed E-state index contributed by atoms with van der Waals surface area (Å²) in [5.41, 5.74) is 1.77. The maximum absolute atomic E-state index is 12.1. The van der Waals surface area contributed by atoms with Crippen LogP contribution in [0.2, 0.25) is 0 Å². The van der Waals surface area contributed by atoms with Gasteiger partial charge in [-0.1, -0.05) is 30.3 Å². The van der Waals surface area contributed by atoms with E-state index >= 15 is 0 Å². The van der Waals surface area contributed by atoms with Crippen molar-refractivity contribution in [2.24, 2.45) is 7.05 Å². The van der Waals surface area contributed by atoms with Gasteiger partial charge < -0.3 is 19.9 Å². The molecule has 2 aromatic heterocycles.